The minimum atomic E-state index is -1.10. The Labute approximate surface area is 127 Å². The SMILES string of the molecule is CSCC(C)CNC(=O)c1cc(C=CC(=O)O)ccc1F. The van der Waals surface area contributed by atoms with E-state index in [2.05, 4.69) is 5.32 Å². The summed E-state index contributed by atoms with van der Waals surface area (Å²) in [6.07, 6.45) is 4.24. The highest BCUT2D eigenvalue weighted by atomic mass is 32.2. The highest BCUT2D eigenvalue weighted by molar-refractivity contribution is 7.98. The van der Waals surface area contributed by atoms with Crippen molar-refractivity contribution in [2.24, 2.45) is 5.92 Å². The van der Waals surface area contributed by atoms with Crippen molar-refractivity contribution in [3.63, 3.8) is 0 Å². The summed E-state index contributed by atoms with van der Waals surface area (Å²) < 4.78 is 13.7. The number of hydrogen-bond acceptors (Lipinski definition) is 3. The molecule has 0 bridgehead atoms. The van der Waals surface area contributed by atoms with Crippen LogP contribution in [0.25, 0.3) is 6.08 Å². The van der Waals surface area contributed by atoms with E-state index in [9.17, 15) is 14.0 Å². The molecule has 1 unspecified atom stereocenters. The molecule has 2 N–H and O–H groups in total. The third kappa shape index (κ3) is 5.99. The maximum absolute atomic E-state index is 13.7. The van der Waals surface area contributed by atoms with E-state index in [1.165, 1.54) is 18.2 Å². The minimum Gasteiger partial charge on any atom is -0.478 e. The number of nitrogens with one attached hydrogen (secondary N) is 1. The number of carboxylic acid groups (broad SMARTS) is 1. The molecule has 0 saturated carbocycles. The van der Waals surface area contributed by atoms with E-state index >= 15 is 0 Å². The Hall–Kier alpha value is -1.82. The summed E-state index contributed by atoms with van der Waals surface area (Å²) >= 11 is 1.68. The van der Waals surface area contributed by atoms with Gasteiger partial charge in [-0.1, -0.05) is 13.0 Å². The molecule has 1 amide bonds. The lowest BCUT2D eigenvalue weighted by Gasteiger charge is -2.11. The van der Waals surface area contributed by atoms with Gasteiger partial charge in [-0.25, -0.2) is 9.18 Å². The smallest absolute Gasteiger partial charge is 0.328 e. The molecule has 0 spiro atoms. The predicted molar refractivity (Wildman–Crippen MR) is 82.9 cm³/mol. The van der Waals surface area contributed by atoms with E-state index in [-0.39, 0.29) is 5.56 Å². The molecule has 1 aromatic rings. The van der Waals surface area contributed by atoms with Crippen molar-refractivity contribution in [2.75, 3.05) is 18.6 Å². The third-order valence-electron chi connectivity index (χ3n) is 2.72. The monoisotopic (exact) mass is 311 g/mol. The third-order valence-corrected chi connectivity index (χ3v) is 3.62. The predicted octanol–water partition coefficient (Wildman–Crippen LogP) is 2.65. The normalized spacial score (nSPS) is 12.3. The Morgan fingerprint density at radius 2 is 2.19 bits per heavy atom. The Morgan fingerprint density at radius 1 is 1.48 bits per heavy atom. The Kier molecular flexibility index (Phi) is 6.94. The lowest BCUT2D eigenvalue weighted by atomic mass is 10.1. The van der Waals surface area contributed by atoms with E-state index in [1.54, 1.807) is 11.8 Å². The van der Waals surface area contributed by atoms with Gasteiger partial charge in [0.05, 0.1) is 5.56 Å². The summed E-state index contributed by atoms with van der Waals surface area (Å²) in [6, 6.07) is 3.91. The molecule has 0 fully saturated rings. The van der Waals surface area contributed by atoms with Crippen LogP contribution >= 0.6 is 11.8 Å². The topological polar surface area (TPSA) is 66.4 Å². The van der Waals surface area contributed by atoms with Gasteiger partial charge in [0, 0.05) is 12.6 Å². The molecule has 114 valence electrons. The average molecular weight is 311 g/mol. The fourth-order valence-electron chi connectivity index (χ4n) is 1.69. The molecule has 0 aromatic heterocycles. The second kappa shape index (κ2) is 8.46. The zero-order valence-electron chi connectivity index (χ0n) is 11.9. The molecule has 0 heterocycles. The van der Waals surface area contributed by atoms with Gasteiger partial charge in [0.15, 0.2) is 0 Å². The van der Waals surface area contributed by atoms with Crippen LogP contribution in [0.1, 0.15) is 22.8 Å². The van der Waals surface area contributed by atoms with E-state index < -0.39 is 17.7 Å². The standard InChI is InChI=1S/C15H18FNO3S/c1-10(9-21-2)8-17-15(20)12-7-11(3-5-13(12)16)4-6-14(18)19/h3-7,10H,8-9H2,1-2H3,(H,17,20)(H,18,19). The highest BCUT2D eigenvalue weighted by Crippen LogP contribution is 2.12. The fraction of sp³-hybridized carbons (Fsp3) is 0.333. The first-order valence-corrected chi connectivity index (χ1v) is 7.81. The summed E-state index contributed by atoms with van der Waals surface area (Å²) in [5.41, 5.74) is 0.375. The number of carboxylic acids is 1. The number of halogens is 1. The average Bonchev–Trinajstić information content (AvgIpc) is 2.44. The van der Waals surface area contributed by atoms with Gasteiger partial charge in [-0.3, -0.25) is 4.79 Å². The molecule has 21 heavy (non-hydrogen) atoms. The minimum absolute atomic E-state index is 0.0844. The summed E-state index contributed by atoms with van der Waals surface area (Å²) in [6.45, 7) is 2.47. The summed E-state index contributed by atoms with van der Waals surface area (Å²) in [5, 5.41) is 11.2. The number of aliphatic carboxylic acids is 1. The molecular weight excluding hydrogens is 293 g/mol. The molecule has 6 heteroatoms. The van der Waals surface area contributed by atoms with Crippen LogP contribution in [0.2, 0.25) is 0 Å². The zero-order valence-corrected chi connectivity index (χ0v) is 12.7. The van der Waals surface area contributed by atoms with Gasteiger partial charge in [-0.2, -0.15) is 11.8 Å². The van der Waals surface area contributed by atoms with Crippen molar-refractivity contribution in [1.29, 1.82) is 0 Å². The van der Waals surface area contributed by atoms with Crippen LogP contribution in [0.4, 0.5) is 4.39 Å². The van der Waals surface area contributed by atoms with Crippen molar-refractivity contribution in [2.45, 2.75) is 6.92 Å². The van der Waals surface area contributed by atoms with Gasteiger partial charge < -0.3 is 10.4 Å². The number of rotatable bonds is 7. The van der Waals surface area contributed by atoms with E-state index in [0.29, 0.717) is 18.0 Å². The lowest BCUT2D eigenvalue weighted by molar-refractivity contribution is -0.131. The molecule has 1 aromatic carbocycles. The number of amides is 1. The quantitative estimate of drug-likeness (QED) is 0.760. The molecule has 0 radical (unpaired) electrons. The van der Waals surface area contributed by atoms with E-state index in [1.807, 2.05) is 13.2 Å². The van der Waals surface area contributed by atoms with Gasteiger partial charge in [0.1, 0.15) is 5.82 Å². The second-order valence-electron chi connectivity index (χ2n) is 4.68. The van der Waals surface area contributed by atoms with Crippen LogP contribution in [0.5, 0.6) is 0 Å². The summed E-state index contributed by atoms with van der Waals surface area (Å²) in [7, 11) is 0. The molecule has 1 rings (SSSR count). The first-order valence-electron chi connectivity index (χ1n) is 6.41. The zero-order chi connectivity index (χ0) is 15.8. The van der Waals surface area contributed by atoms with Crippen LogP contribution in [-0.4, -0.2) is 35.5 Å². The van der Waals surface area contributed by atoms with Crippen LogP contribution < -0.4 is 5.32 Å². The van der Waals surface area contributed by atoms with Crippen molar-refractivity contribution >= 4 is 29.7 Å². The van der Waals surface area contributed by atoms with Gasteiger partial charge in [0.25, 0.3) is 5.91 Å². The van der Waals surface area contributed by atoms with Crippen LogP contribution in [0.15, 0.2) is 24.3 Å². The molecule has 0 aliphatic rings. The largest absolute Gasteiger partial charge is 0.478 e. The van der Waals surface area contributed by atoms with E-state index in [4.69, 9.17) is 5.11 Å². The second-order valence-corrected chi connectivity index (χ2v) is 5.59. The lowest BCUT2D eigenvalue weighted by Crippen LogP contribution is -2.29. The number of thioether (sulfide) groups is 1. The first-order chi connectivity index (χ1) is 9.93. The highest BCUT2D eigenvalue weighted by Gasteiger charge is 2.13. The Morgan fingerprint density at radius 3 is 2.81 bits per heavy atom. The summed E-state index contributed by atoms with van der Waals surface area (Å²) in [4.78, 5) is 22.4. The molecule has 0 saturated heterocycles. The number of hydrogen-bond donors (Lipinski definition) is 2. The Bertz CT molecular complexity index is 546. The molecular formula is C15H18FNO3S. The van der Waals surface area contributed by atoms with Gasteiger partial charge >= 0.3 is 5.97 Å². The van der Waals surface area contributed by atoms with Crippen molar-refractivity contribution in [1.82, 2.24) is 5.32 Å². The fourth-order valence-corrected chi connectivity index (χ4v) is 2.38. The van der Waals surface area contributed by atoms with Crippen molar-refractivity contribution in [3.05, 3.63) is 41.2 Å². The molecule has 1 atom stereocenters. The van der Waals surface area contributed by atoms with Crippen molar-refractivity contribution < 1.29 is 19.1 Å². The van der Waals surface area contributed by atoms with Crippen LogP contribution in [0.3, 0.4) is 0 Å². The first kappa shape index (κ1) is 17.2. The number of benzene rings is 1. The van der Waals surface area contributed by atoms with Crippen LogP contribution in [0, 0.1) is 11.7 Å². The molecule has 0 aliphatic carbocycles. The van der Waals surface area contributed by atoms with Gasteiger partial charge in [-0.05, 0) is 41.7 Å². The Balaban J connectivity index is 2.78. The molecule has 4 nitrogen and oxygen atoms in total. The van der Waals surface area contributed by atoms with Crippen LogP contribution in [-0.2, 0) is 4.79 Å². The maximum Gasteiger partial charge on any atom is 0.328 e. The van der Waals surface area contributed by atoms with E-state index in [0.717, 1.165) is 17.9 Å². The summed E-state index contributed by atoms with van der Waals surface area (Å²) in [5.74, 6) is -1.02. The van der Waals surface area contributed by atoms with Crippen molar-refractivity contribution in [3.8, 4) is 0 Å². The number of carbonyl (C=O) groups is 2. The molecule has 0 aliphatic heterocycles. The maximum atomic E-state index is 13.7. The van der Waals surface area contributed by atoms with Gasteiger partial charge in [-0.15, -0.1) is 0 Å². The van der Waals surface area contributed by atoms with Gasteiger partial charge in [0.2, 0.25) is 0 Å². The number of carbonyl (C=O) groups excluding carboxylic acids is 1.